The predicted octanol–water partition coefficient (Wildman–Crippen LogP) is 1.32. The summed E-state index contributed by atoms with van der Waals surface area (Å²) in [4.78, 5) is 13.4. The fraction of sp³-hybridized carbons (Fsp3) is 0.375. The van der Waals surface area contributed by atoms with E-state index >= 15 is 0 Å². The monoisotopic (exact) mass is 209 g/mol. The number of hydrogen-bond donors (Lipinski definition) is 2. The van der Waals surface area contributed by atoms with Crippen LogP contribution in [0.3, 0.4) is 0 Å². The summed E-state index contributed by atoms with van der Waals surface area (Å²) in [7, 11) is 0. The highest BCUT2D eigenvalue weighted by Crippen LogP contribution is 2.24. The Balaban J connectivity index is 2.52. The molecule has 0 spiro atoms. The molecule has 2 heterocycles. The minimum absolute atomic E-state index is 0.591. The van der Waals surface area contributed by atoms with Crippen molar-refractivity contribution >= 4 is 27.5 Å². The second-order valence-electron chi connectivity index (χ2n) is 2.88. The molecule has 0 aliphatic heterocycles. The molecule has 0 unspecified atom stereocenters. The van der Waals surface area contributed by atoms with Gasteiger partial charge in [0.1, 0.15) is 16.7 Å². The molecule has 2 aromatic rings. The van der Waals surface area contributed by atoms with Crippen molar-refractivity contribution < 1.29 is 0 Å². The van der Waals surface area contributed by atoms with Gasteiger partial charge in [-0.15, -0.1) is 0 Å². The Kier molecular flexibility index (Phi) is 2.55. The molecular weight excluding hydrogens is 198 g/mol. The van der Waals surface area contributed by atoms with Crippen LogP contribution in [0.5, 0.6) is 0 Å². The van der Waals surface area contributed by atoms with Crippen molar-refractivity contribution in [3.63, 3.8) is 0 Å². The van der Waals surface area contributed by atoms with Crippen LogP contribution in [0, 0.1) is 0 Å². The van der Waals surface area contributed by atoms with E-state index in [-0.39, 0.29) is 0 Å². The quantitative estimate of drug-likeness (QED) is 0.589. The summed E-state index contributed by atoms with van der Waals surface area (Å²) in [6, 6.07) is 0. The van der Waals surface area contributed by atoms with Gasteiger partial charge in [-0.3, -0.25) is 0 Å². The first-order valence-corrected chi connectivity index (χ1v) is 5.23. The molecule has 14 heavy (non-hydrogen) atoms. The first-order valence-electron chi connectivity index (χ1n) is 4.42. The van der Waals surface area contributed by atoms with E-state index in [9.17, 15) is 0 Å². The number of anilines is 1. The molecule has 2 rings (SSSR count). The third-order valence-corrected chi connectivity index (χ3v) is 2.86. The summed E-state index contributed by atoms with van der Waals surface area (Å²) >= 11 is 1.59. The Morgan fingerprint density at radius 3 is 3.07 bits per heavy atom. The molecule has 0 aliphatic rings. The second-order valence-corrected chi connectivity index (χ2v) is 3.94. The molecule has 74 valence electrons. The highest BCUT2D eigenvalue weighted by molar-refractivity contribution is 7.18. The lowest BCUT2D eigenvalue weighted by Gasteiger charge is -1.96. The van der Waals surface area contributed by atoms with E-state index in [0.717, 1.165) is 28.2 Å². The van der Waals surface area contributed by atoms with Crippen LogP contribution < -0.4 is 11.3 Å². The zero-order chi connectivity index (χ0) is 9.97. The van der Waals surface area contributed by atoms with Gasteiger partial charge >= 0.3 is 0 Å². The number of nitrogens with zero attached hydrogens (tertiary/aromatic N) is 3. The number of rotatable bonds is 3. The maximum Gasteiger partial charge on any atom is 0.170 e. The van der Waals surface area contributed by atoms with Gasteiger partial charge in [0.05, 0.1) is 5.01 Å². The lowest BCUT2D eigenvalue weighted by molar-refractivity contribution is 0.912. The number of fused-ring (bicyclic) bond motifs is 1. The van der Waals surface area contributed by atoms with Gasteiger partial charge < -0.3 is 5.43 Å². The van der Waals surface area contributed by atoms with Crippen LogP contribution in [0.4, 0.5) is 5.82 Å². The molecule has 5 nitrogen and oxygen atoms in total. The number of hydrogen-bond acceptors (Lipinski definition) is 6. The number of aryl methyl sites for hydroxylation is 1. The van der Waals surface area contributed by atoms with Crippen molar-refractivity contribution in [3.8, 4) is 0 Å². The molecule has 0 radical (unpaired) electrons. The summed E-state index contributed by atoms with van der Waals surface area (Å²) < 4.78 is 0. The standard InChI is InChI=1S/C8H11N5S/c1-2-3-5-12-6-7(13-9)10-4-11-8(6)14-5/h4H,2-3,9H2,1H3,(H,10,11,13). The van der Waals surface area contributed by atoms with E-state index < -0.39 is 0 Å². The Bertz CT molecular complexity index is 438. The van der Waals surface area contributed by atoms with Crippen LogP contribution in [0.2, 0.25) is 0 Å². The molecule has 6 heteroatoms. The maximum absolute atomic E-state index is 5.32. The summed E-state index contributed by atoms with van der Waals surface area (Å²) in [6.07, 6.45) is 3.55. The fourth-order valence-corrected chi connectivity index (χ4v) is 2.23. The zero-order valence-electron chi connectivity index (χ0n) is 7.82. The molecule has 0 aromatic carbocycles. The lowest BCUT2D eigenvalue weighted by Crippen LogP contribution is -2.09. The van der Waals surface area contributed by atoms with Gasteiger partial charge in [-0.25, -0.2) is 20.8 Å². The Hall–Kier alpha value is -1.27. The highest BCUT2D eigenvalue weighted by atomic mass is 32.1. The topological polar surface area (TPSA) is 76.7 Å². The normalized spacial score (nSPS) is 10.7. The Labute approximate surface area is 85.4 Å². The summed E-state index contributed by atoms with van der Waals surface area (Å²) in [5.74, 6) is 5.91. The second kappa shape index (κ2) is 3.85. The van der Waals surface area contributed by atoms with Crippen LogP contribution in [-0.4, -0.2) is 15.0 Å². The SMILES string of the molecule is CCCc1nc2c(NN)ncnc2s1. The molecule has 0 saturated heterocycles. The van der Waals surface area contributed by atoms with E-state index in [1.165, 1.54) is 6.33 Å². The average molecular weight is 209 g/mol. The number of nitrogens with two attached hydrogens (primary N) is 1. The van der Waals surface area contributed by atoms with Gasteiger partial charge in [0.2, 0.25) is 0 Å². The Morgan fingerprint density at radius 2 is 2.36 bits per heavy atom. The van der Waals surface area contributed by atoms with Gasteiger partial charge in [0, 0.05) is 0 Å². The molecule has 0 bridgehead atoms. The van der Waals surface area contributed by atoms with Crippen LogP contribution >= 0.6 is 11.3 Å². The van der Waals surface area contributed by atoms with E-state index in [4.69, 9.17) is 5.84 Å². The zero-order valence-corrected chi connectivity index (χ0v) is 8.64. The maximum atomic E-state index is 5.32. The lowest BCUT2D eigenvalue weighted by atomic mass is 10.3. The molecule has 0 atom stereocenters. The van der Waals surface area contributed by atoms with Gasteiger partial charge in [-0.05, 0) is 12.8 Å². The molecule has 2 aromatic heterocycles. The smallest absolute Gasteiger partial charge is 0.170 e. The van der Waals surface area contributed by atoms with Crippen molar-refractivity contribution in [3.05, 3.63) is 11.3 Å². The summed E-state index contributed by atoms with van der Waals surface area (Å²) in [6.45, 7) is 2.12. The molecule has 0 saturated carbocycles. The highest BCUT2D eigenvalue weighted by Gasteiger charge is 2.08. The third kappa shape index (κ3) is 1.53. The Morgan fingerprint density at radius 1 is 1.50 bits per heavy atom. The number of hydrazine groups is 1. The first-order chi connectivity index (χ1) is 6.85. The van der Waals surface area contributed by atoms with Crippen LogP contribution in [0.1, 0.15) is 18.4 Å². The molecular formula is C8H11N5S. The number of aromatic nitrogens is 3. The fourth-order valence-electron chi connectivity index (χ4n) is 1.22. The van der Waals surface area contributed by atoms with Crippen molar-refractivity contribution in [2.24, 2.45) is 5.84 Å². The van der Waals surface area contributed by atoms with Gasteiger partial charge in [0.15, 0.2) is 5.82 Å². The van der Waals surface area contributed by atoms with Gasteiger partial charge in [-0.2, -0.15) is 0 Å². The molecule has 3 N–H and O–H groups in total. The third-order valence-electron chi connectivity index (χ3n) is 1.84. The van der Waals surface area contributed by atoms with E-state index in [0.29, 0.717) is 5.82 Å². The first kappa shape index (κ1) is 9.29. The van der Waals surface area contributed by atoms with Crippen molar-refractivity contribution in [2.75, 3.05) is 5.43 Å². The number of nitrogens with one attached hydrogen (secondary N) is 1. The molecule has 0 aliphatic carbocycles. The van der Waals surface area contributed by atoms with Crippen molar-refractivity contribution in [1.29, 1.82) is 0 Å². The van der Waals surface area contributed by atoms with E-state index in [1.807, 2.05) is 0 Å². The number of thiazole rings is 1. The van der Waals surface area contributed by atoms with Gasteiger partial charge in [-0.1, -0.05) is 18.3 Å². The van der Waals surface area contributed by atoms with Gasteiger partial charge in [0.25, 0.3) is 0 Å². The molecule has 0 fully saturated rings. The minimum atomic E-state index is 0.591. The van der Waals surface area contributed by atoms with E-state index in [1.54, 1.807) is 11.3 Å². The van der Waals surface area contributed by atoms with Crippen molar-refractivity contribution in [2.45, 2.75) is 19.8 Å². The van der Waals surface area contributed by atoms with E-state index in [2.05, 4.69) is 27.3 Å². The molecule has 0 amide bonds. The summed E-state index contributed by atoms with van der Waals surface area (Å²) in [5, 5.41) is 1.08. The predicted molar refractivity (Wildman–Crippen MR) is 57.0 cm³/mol. The van der Waals surface area contributed by atoms with Crippen LogP contribution in [-0.2, 0) is 6.42 Å². The summed E-state index contributed by atoms with van der Waals surface area (Å²) in [5.41, 5.74) is 3.29. The number of nitrogen functional groups attached to an aromatic ring is 1. The minimum Gasteiger partial charge on any atom is -0.307 e. The van der Waals surface area contributed by atoms with Crippen LogP contribution in [0.15, 0.2) is 6.33 Å². The largest absolute Gasteiger partial charge is 0.307 e. The van der Waals surface area contributed by atoms with Crippen LogP contribution in [0.25, 0.3) is 10.3 Å². The van der Waals surface area contributed by atoms with Crippen molar-refractivity contribution in [1.82, 2.24) is 15.0 Å². The average Bonchev–Trinajstić information content (AvgIpc) is 2.60.